The van der Waals surface area contributed by atoms with Crippen molar-refractivity contribution in [3.8, 4) is 17.0 Å². The van der Waals surface area contributed by atoms with E-state index < -0.39 is 5.91 Å². The molecule has 0 atom stereocenters. The van der Waals surface area contributed by atoms with Gasteiger partial charge in [0, 0.05) is 18.3 Å². The van der Waals surface area contributed by atoms with E-state index in [2.05, 4.69) is 17.2 Å². The van der Waals surface area contributed by atoms with E-state index in [0.29, 0.717) is 12.2 Å². The SMILES string of the molecule is CCCCCNCCOc1cccc(-c2ccc(C(N)=O)cn2)c1. The van der Waals surface area contributed by atoms with Crippen molar-refractivity contribution in [2.45, 2.75) is 26.2 Å². The molecular weight excluding hydrogens is 302 g/mol. The van der Waals surface area contributed by atoms with Crippen molar-refractivity contribution in [2.24, 2.45) is 5.73 Å². The molecule has 2 aromatic rings. The highest BCUT2D eigenvalue weighted by Gasteiger charge is 2.04. The summed E-state index contributed by atoms with van der Waals surface area (Å²) in [4.78, 5) is 15.4. The van der Waals surface area contributed by atoms with Gasteiger partial charge in [-0.2, -0.15) is 0 Å². The molecule has 1 aromatic heterocycles. The van der Waals surface area contributed by atoms with E-state index in [0.717, 1.165) is 30.1 Å². The predicted octanol–water partition coefficient (Wildman–Crippen LogP) is 3.01. The summed E-state index contributed by atoms with van der Waals surface area (Å²) in [5.74, 6) is 0.334. The Kier molecular flexibility index (Phi) is 7.23. The van der Waals surface area contributed by atoms with E-state index in [-0.39, 0.29) is 0 Å². The molecule has 2 rings (SSSR count). The number of unbranched alkanes of at least 4 members (excludes halogenated alkanes) is 2. The molecule has 1 heterocycles. The van der Waals surface area contributed by atoms with Crippen LogP contribution in [0.15, 0.2) is 42.6 Å². The van der Waals surface area contributed by atoms with Gasteiger partial charge in [0.2, 0.25) is 5.91 Å². The molecule has 0 spiro atoms. The van der Waals surface area contributed by atoms with Gasteiger partial charge in [0.05, 0.1) is 11.3 Å². The van der Waals surface area contributed by atoms with Crippen LogP contribution in [0, 0.1) is 0 Å². The first-order valence-corrected chi connectivity index (χ1v) is 8.40. The first kappa shape index (κ1) is 17.9. The summed E-state index contributed by atoms with van der Waals surface area (Å²) in [7, 11) is 0. The Labute approximate surface area is 143 Å². The van der Waals surface area contributed by atoms with Crippen molar-refractivity contribution in [3.05, 3.63) is 48.2 Å². The fraction of sp³-hybridized carbons (Fsp3) is 0.368. The number of pyridine rings is 1. The number of nitrogens with zero attached hydrogens (tertiary/aromatic N) is 1. The number of carbonyl (C=O) groups is 1. The van der Waals surface area contributed by atoms with Crippen LogP contribution in [-0.4, -0.2) is 30.6 Å². The molecule has 0 saturated heterocycles. The Morgan fingerprint density at radius 2 is 2.08 bits per heavy atom. The number of carbonyl (C=O) groups excluding carboxylic acids is 1. The Morgan fingerprint density at radius 3 is 2.79 bits per heavy atom. The first-order chi connectivity index (χ1) is 11.7. The molecule has 1 amide bonds. The van der Waals surface area contributed by atoms with Crippen LogP contribution in [0.5, 0.6) is 5.75 Å². The van der Waals surface area contributed by atoms with E-state index >= 15 is 0 Å². The minimum Gasteiger partial charge on any atom is -0.492 e. The average molecular weight is 327 g/mol. The lowest BCUT2D eigenvalue weighted by Crippen LogP contribution is -2.22. The van der Waals surface area contributed by atoms with Crippen LogP contribution in [0.4, 0.5) is 0 Å². The lowest BCUT2D eigenvalue weighted by molar-refractivity contribution is 0.1000. The molecule has 0 aliphatic carbocycles. The molecule has 0 fully saturated rings. The van der Waals surface area contributed by atoms with Crippen molar-refractivity contribution in [1.29, 1.82) is 0 Å². The van der Waals surface area contributed by atoms with Crippen LogP contribution in [-0.2, 0) is 0 Å². The van der Waals surface area contributed by atoms with Crippen molar-refractivity contribution in [2.75, 3.05) is 19.7 Å². The van der Waals surface area contributed by atoms with Gasteiger partial charge in [0.15, 0.2) is 0 Å². The summed E-state index contributed by atoms with van der Waals surface area (Å²) in [6.45, 7) is 4.70. The number of rotatable bonds is 10. The molecule has 0 aliphatic heterocycles. The Hall–Kier alpha value is -2.40. The maximum Gasteiger partial charge on any atom is 0.250 e. The van der Waals surface area contributed by atoms with Crippen molar-refractivity contribution >= 4 is 5.91 Å². The number of aromatic nitrogens is 1. The lowest BCUT2D eigenvalue weighted by atomic mass is 10.1. The molecule has 0 saturated carbocycles. The van der Waals surface area contributed by atoms with Gasteiger partial charge in [-0.25, -0.2) is 0 Å². The molecule has 0 radical (unpaired) electrons. The molecular formula is C19H25N3O2. The minimum atomic E-state index is -0.474. The number of primary amides is 1. The van der Waals surface area contributed by atoms with E-state index in [9.17, 15) is 4.79 Å². The third-order valence-corrected chi connectivity index (χ3v) is 3.68. The van der Waals surface area contributed by atoms with Crippen molar-refractivity contribution in [3.63, 3.8) is 0 Å². The molecule has 5 heteroatoms. The zero-order valence-corrected chi connectivity index (χ0v) is 14.1. The molecule has 0 aliphatic rings. The number of ether oxygens (including phenoxy) is 1. The second-order valence-electron chi connectivity index (χ2n) is 5.63. The Morgan fingerprint density at radius 1 is 1.21 bits per heavy atom. The van der Waals surface area contributed by atoms with Crippen LogP contribution in [0.25, 0.3) is 11.3 Å². The van der Waals surface area contributed by atoms with E-state index in [1.165, 1.54) is 25.5 Å². The Bertz CT molecular complexity index is 641. The fourth-order valence-electron chi connectivity index (χ4n) is 2.32. The van der Waals surface area contributed by atoms with Crippen LogP contribution in [0.2, 0.25) is 0 Å². The zero-order chi connectivity index (χ0) is 17.2. The molecule has 24 heavy (non-hydrogen) atoms. The number of benzene rings is 1. The van der Waals surface area contributed by atoms with Gasteiger partial charge in [-0.15, -0.1) is 0 Å². The number of amides is 1. The first-order valence-electron chi connectivity index (χ1n) is 8.40. The summed E-state index contributed by atoms with van der Waals surface area (Å²) < 4.78 is 5.77. The smallest absolute Gasteiger partial charge is 0.250 e. The zero-order valence-electron chi connectivity index (χ0n) is 14.1. The normalized spacial score (nSPS) is 10.5. The minimum absolute atomic E-state index is 0.403. The summed E-state index contributed by atoms with van der Waals surface area (Å²) in [5, 5.41) is 3.37. The van der Waals surface area contributed by atoms with Crippen LogP contribution >= 0.6 is 0 Å². The van der Waals surface area contributed by atoms with Crippen LogP contribution in [0.1, 0.15) is 36.5 Å². The van der Waals surface area contributed by atoms with E-state index in [1.807, 2.05) is 24.3 Å². The van der Waals surface area contributed by atoms with Gasteiger partial charge in [0.25, 0.3) is 0 Å². The Balaban J connectivity index is 1.86. The van der Waals surface area contributed by atoms with Gasteiger partial charge < -0.3 is 15.8 Å². The topological polar surface area (TPSA) is 77.2 Å². The molecule has 0 bridgehead atoms. The molecule has 5 nitrogen and oxygen atoms in total. The number of hydrogen-bond donors (Lipinski definition) is 2. The molecule has 3 N–H and O–H groups in total. The maximum absolute atomic E-state index is 11.1. The van der Waals surface area contributed by atoms with Gasteiger partial charge >= 0.3 is 0 Å². The monoisotopic (exact) mass is 327 g/mol. The number of nitrogens with one attached hydrogen (secondary N) is 1. The highest BCUT2D eigenvalue weighted by atomic mass is 16.5. The number of nitrogens with two attached hydrogens (primary N) is 1. The summed E-state index contributed by atoms with van der Waals surface area (Å²) in [6.07, 6.45) is 5.20. The standard InChI is InChI=1S/C19H25N3O2/c1-2-3-4-10-21-11-12-24-17-7-5-6-15(13-17)18-9-8-16(14-22-18)19(20)23/h5-9,13-14,21H,2-4,10-12H2,1H3,(H2,20,23). The predicted molar refractivity (Wildman–Crippen MR) is 96.1 cm³/mol. The third kappa shape index (κ3) is 5.66. The second kappa shape index (κ2) is 9.67. The van der Waals surface area contributed by atoms with E-state index in [1.54, 1.807) is 12.1 Å². The highest BCUT2D eigenvalue weighted by molar-refractivity contribution is 5.92. The summed E-state index contributed by atoms with van der Waals surface area (Å²) in [6, 6.07) is 11.2. The number of hydrogen-bond acceptors (Lipinski definition) is 4. The summed E-state index contributed by atoms with van der Waals surface area (Å²) >= 11 is 0. The molecule has 1 aromatic carbocycles. The maximum atomic E-state index is 11.1. The quantitative estimate of drug-likeness (QED) is 0.658. The molecule has 128 valence electrons. The van der Waals surface area contributed by atoms with Crippen molar-refractivity contribution < 1.29 is 9.53 Å². The van der Waals surface area contributed by atoms with E-state index in [4.69, 9.17) is 10.5 Å². The van der Waals surface area contributed by atoms with Gasteiger partial charge in [-0.3, -0.25) is 9.78 Å². The van der Waals surface area contributed by atoms with Gasteiger partial charge in [0.1, 0.15) is 12.4 Å². The van der Waals surface area contributed by atoms with Gasteiger partial charge in [-0.1, -0.05) is 31.9 Å². The van der Waals surface area contributed by atoms with Crippen molar-refractivity contribution in [1.82, 2.24) is 10.3 Å². The third-order valence-electron chi connectivity index (χ3n) is 3.68. The lowest BCUT2D eigenvalue weighted by Gasteiger charge is -2.09. The fourth-order valence-corrected chi connectivity index (χ4v) is 2.32. The average Bonchev–Trinajstić information content (AvgIpc) is 2.61. The van der Waals surface area contributed by atoms with Crippen LogP contribution < -0.4 is 15.8 Å². The largest absolute Gasteiger partial charge is 0.492 e. The highest BCUT2D eigenvalue weighted by Crippen LogP contribution is 2.22. The van der Waals surface area contributed by atoms with Crippen LogP contribution in [0.3, 0.4) is 0 Å². The summed E-state index contributed by atoms with van der Waals surface area (Å²) in [5.41, 5.74) is 7.36. The second-order valence-corrected chi connectivity index (χ2v) is 5.63. The van der Waals surface area contributed by atoms with Gasteiger partial charge in [-0.05, 0) is 37.2 Å². The molecule has 0 unspecified atom stereocenters.